The van der Waals surface area contributed by atoms with Gasteiger partial charge in [0.2, 0.25) is 0 Å². The minimum Gasteiger partial charge on any atom is -0.310 e. The van der Waals surface area contributed by atoms with Crippen LogP contribution < -0.4 is 5.32 Å². The Morgan fingerprint density at radius 2 is 2.27 bits per heavy atom. The van der Waals surface area contributed by atoms with Crippen molar-refractivity contribution in [3.05, 3.63) is 34.9 Å². The monoisotopic (exact) mass is 225 g/mol. The van der Waals surface area contributed by atoms with Gasteiger partial charge in [0.05, 0.1) is 6.04 Å². The number of ketones is 1. The van der Waals surface area contributed by atoms with Crippen LogP contribution in [0, 0.1) is 0 Å². The molecule has 1 atom stereocenters. The van der Waals surface area contributed by atoms with Gasteiger partial charge in [-0.1, -0.05) is 30.7 Å². The van der Waals surface area contributed by atoms with E-state index in [1.165, 1.54) is 0 Å². The third-order valence-corrected chi connectivity index (χ3v) is 2.65. The van der Waals surface area contributed by atoms with E-state index in [1.54, 1.807) is 0 Å². The molecule has 0 saturated heterocycles. The second kappa shape index (κ2) is 5.89. The molecule has 1 aromatic rings. The van der Waals surface area contributed by atoms with Crippen molar-refractivity contribution in [2.24, 2.45) is 0 Å². The molecule has 0 heterocycles. The van der Waals surface area contributed by atoms with E-state index >= 15 is 0 Å². The molecule has 0 radical (unpaired) electrons. The van der Waals surface area contributed by atoms with E-state index in [-0.39, 0.29) is 11.8 Å². The summed E-state index contributed by atoms with van der Waals surface area (Å²) in [5.74, 6) is 0.234. The predicted octanol–water partition coefficient (Wildman–Crippen LogP) is 2.45. The molecule has 0 aliphatic heterocycles. The highest BCUT2D eigenvalue weighted by molar-refractivity contribution is 6.30. The molecule has 3 heteroatoms. The maximum Gasteiger partial charge on any atom is 0.149 e. The molecule has 0 bridgehead atoms. The zero-order valence-corrected chi connectivity index (χ0v) is 9.84. The average molecular weight is 226 g/mol. The molecule has 2 nitrogen and oxygen atoms in total. The van der Waals surface area contributed by atoms with Crippen molar-refractivity contribution in [2.45, 2.75) is 25.8 Å². The minimum absolute atomic E-state index is 0.103. The highest BCUT2D eigenvalue weighted by Gasteiger charge is 2.14. The third kappa shape index (κ3) is 3.65. The van der Waals surface area contributed by atoms with Crippen LogP contribution in [0.3, 0.4) is 0 Å². The molecular weight excluding hydrogens is 210 g/mol. The lowest BCUT2D eigenvalue weighted by molar-refractivity contribution is -0.120. The van der Waals surface area contributed by atoms with Gasteiger partial charge in [-0.15, -0.1) is 0 Å². The van der Waals surface area contributed by atoms with Gasteiger partial charge in [-0.05, 0) is 31.2 Å². The lowest BCUT2D eigenvalue weighted by Gasteiger charge is -2.14. The highest BCUT2D eigenvalue weighted by Crippen LogP contribution is 2.12. The maximum absolute atomic E-state index is 11.5. The minimum atomic E-state index is -0.103. The fraction of sp³-hybridized carbons (Fsp3) is 0.417. The van der Waals surface area contributed by atoms with Crippen molar-refractivity contribution in [1.82, 2.24) is 5.32 Å². The summed E-state index contributed by atoms with van der Waals surface area (Å²) in [6.07, 6.45) is 1.26. The van der Waals surface area contributed by atoms with E-state index in [9.17, 15) is 4.79 Å². The Kier molecular flexibility index (Phi) is 4.79. The van der Waals surface area contributed by atoms with E-state index in [2.05, 4.69) is 5.32 Å². The number of hydrogen-bond donors (Lipinski definition) is 1. The largest absolute Gasteiger partial charge is 0.310 e. The summed E-state index contributed by atoms with van der Waals surface area (Å²) in [4.78, 5) is 11.5. The summed E-state index contributed by atoms with van der Waals surface area (Å²) in [5.41, 5.74) is 1.09. The van der Waals surface area contributed by atoms with E-state index in [0.29, 0.717) is 17.9 Å². The summed E-state index contributed by atoms with van der Waals surface area (Å²) in [6, 6.07) is 7.52. The number of hydrogen-bond acceptors (Lipinski definition) is 2. The van der Waals surface area contributed by atoms with Crippen LogP contribution in [0.5, 0.6) is 0 Å². The maximum atomic E-state index is 11.5. The van der Waals surface area contributed by atoms with Gasteiger partial charge in [-0.2, -0.15) is 0 Å². The molecular formula is C12H16ClNO. The number of halogens is 1. The smallest absolute Gasteiger partial charge is 0.149 e. The van der Waals surface area contributed by atoms with E-state index in [4.69, 9.17) is 11.6 Å². The summed E-state index contributed by atoms with van der Waals surface area (Å²) < 4.78 is 0. The first-order valence-electron chi connectivity index (χ1n) is 5.11. The molecule has 1 rings (SSSR count). The molecule has 0 aliphatic rings. The molecule has 0 unspecified atom stereocenters. The number of carbonyl (C=O) groups excluding carboxylic acids is 1. The number of benzene rings is 1. The number of Topliss-reactive ketones (excluding diaryl/α,β-unsaturated/α-hetero) is 1. The molecule has 0 saturated carbocycles. The van der Waals surface area contributed by atoms with Gasteiger partial charge >= 0.3 is 0 Å². The van der Waals surface area contributed by atoms with Crippen molar-refractivity contribution in [2.75, 3.05) is 7.05 Å². The van der Waals surface area contributed by atoms with Crippen LogP contribution in [0.25, 0.3) is 0 Å². The van der Waals surface area contributed by atoms with Crippen LogP contribution in [-0.4, -0.2) is 18.9 Å². The van der Waals surface area contributed by atoms with Gasteiger partial charge in [0.1, 0.15) is 5.78 Å². The first kappa shape index (κ1) is 12.2. The summed E-state index contributed by atoms with van der Waals surface area (Å²) >= 11 is 5.88. The highest BCUT2D eigenvalue weighted by atomic mass is 35.5. The zero-order valence-electron chi connectivity index (χ0n) is 9.09. The van der Waals surface area contributed by atoms with E-state index < -0.39 is 0 Å². The summed E-state index contributed by atoms with van der Waals surface area (Å²) in [7, 11) is 1.81. The second-order valence-corrected chi connectivity index (χ2v) is 3.93. The summed E-state index contributed by atoms with van der Waals surface area (Å²) in [5, 5.41) is 3.74. The Labute approximate surface area is 95.6 Å². The quantitative estimate of drug-likeness (QED) is 0.834. The van der Waals surface area contributed by atoms with Crippen molar-refractivity contribution in [3.8, 4) is 0 Å². The second-order valence-electron chi connectivity index (χ2n) is 3.50. The molecule has 1 aromatic carbocycles. The van der Waals surface area contributed by atoms with Crippen molar-refractivity contribution in [3.63, 3.8) is 0 Å². The molecule has 0 aliphatic carbocycles. The predicted molar refractivity (Wildman–Crippen MR) is 63.3 cm³/mol. The molecule has 0 fully saturated rings. The third-order valence-electron chi connectivity index (χ3n) is 2.41. The fourth-order valence-corrected chi connectivity index (χ4v) is 1.74. The normalized spacial score (nSPS) is 12.5. The Balaban J connectivity index is 2.70. The lowest BCUT2D eigenvalue weighted by Crippen LogP contribution is -2.35. The number of rotatable bonds is 5. The van der Waals surface area contributed by atoms with Crippen LogP contribution >= 0.6 is 11.6 Å². The number of nitrogens with one attached hydrogen (secondary N) is 1. The summed E-state index contributed by atoms with van der Waals surface area (Å²) in [6.45, 7) is 1.88. The topological polar surface area (TPSA) is 29.1 Å². The van der Waals surface area contributed by atoms with Gasteiger partial charge in [-0.25, -0.2) is 0 Å². The van der Waals surface area contributed by atoms with Gasteiger partial charge in [0, 0.05) is 11.4 Å². The Morgan fingerprint density at radius 3 is 2.80 bits per heavy atom. The molecule has 82 valence electrons. The average Bonchev–Trinajstić information content (AvgIpc) is 2.25. The SMILES string of the molecule is CCC(=O)[C@@H](Cc1cccc(Cl)c1)NC. The van der Waals surface area contributed by atoms with Crippen molar-refractivity contribution < 1.29 is 4.79 Å². The molecule has 15 heavy (non-hydrogen) atoms. The van der Waals surface area contributed by atoms with Crippen LogP contribution in [-0.2, 0) is 11.2 Å². The number of likely N-dealkylation sites (N-methyl/N-ethyl adjacent to an activating group) is 1. The first-order chi connectivity index (χ1) is 7.17. The number of carbonyl (C=O) groups is 1. The van der Waals surface area contributed by atoms with Crippen LogP contribution in [0.1, 0.15) is 18.9 Å². The van der Waals surface area contributed by atoms with Gasteiger partial charge < -0.3 is 5.32 Å². The van der Waals surface area contributed by atoms with Gasteiger partial charge in [0.25, 0.3) is 0 Å². The Bertz CT molecular complexity index is 338. The van der Waals surface area contributed by atoms with E-state index in [1.807, 2.05) is 38.2 Å². The molecule has 0 aromatic heterocycles. The van der Waals surface area contributed by atoms with Crippen LogP contribution in [0.4, 0.5) is 0 Å². The molecule has 1 N–H and O–H groups in total. The van der Waals surface area contributed by atoms with Crippen molar-refractivity contribution in [1.29, 1.82) is 0 Å². The van der Waals surface area contributed by atoms with Gasteiger partial charge in [0.15, 0.2) is 0 Å². The molecule has 0 amide bonds. The first-order valence-corrected chi connectivity index (χ1v) is 5.49. The van der Waals surface area contributed by atoms with Crippen LogP contribution in [0.15, 0.2) is 24.3 Å². The zero-order chi connectivity index (χ0) is 11.3. The lowest BCUT2D eigenvalue weighted by atomic mass is 10.0. The Hall–Kier alpha value is -0.860. The van der Waals surface area contributed by atoms with Crippen LogP contribution in [0.2, 0.25) is 5.02 Å². The van der Waals surface area contributed by atoms with Crippen molar-refractivity contribution >= 4 is 17.4 Å². The standard InChI is InChI=1S/C12H16ClNO/c1-3-12(15)11(14-2)8-9-5-4-6-10(13)7-9/h4-7,11,14H,3,8H2,1-2H3/t11-/m1/s1. The Morgan fingerprint density at radius 1 is 1.53 bits per heavy atom. The van der Waals surface area contributed by atoms with E-state index in [0.717, 1.165) is 5.56 Å². The fourth-order valence-electron chi connectivity index (χ4n) is 1.52. The van der Waals surface area contributed by atoms with Gasteiger partial charge in [-0.3, -0.25) is 4.79 Å². The molecule has 0 spiro atoms.